The Labute approximate surface area is 155 Å². The molecule has 1 saturated heterocycles. The van der Waals surface area contributed by atoms with Crippen molar-refractivity contribution in [3.05, 3.63) is 59.4 Å². The minimum Gasteiger partial charge on any atom is -0.409 e. The van der Waals surface area contributed by atoms with Gasteiger partial charge in [0.2, 0.25) is 5.89 Å². The van der Waals surface area contributed by atoms with E-state index < -0.39 is 0 Å². The van der Waals surface area contributed by atoms with Crippen LogP contribution in [0.15, 0.2) is 53.2 Å². The predicted octanol–water partition coefficient (Wildman–Crippen LogP) is 1.19. The van der Waals surface area contributed by atoms with E-state index in [0.29, 0.717) is 12.2 Å². The molecule has 0 aliphatic carbocycles. The fraction of sp³-hybridized carbons (Fsp3) is 0.278. The average Bonchev–Trinajstić information content (AvgIpc) is 3.04. The minimum atomic E-state index is -0.364. The van der Waals surface area contributed by atoms with E-state index in [1.165, 1.54) is 16.7 Å². The molecule has 0 unspecified atom stereocenters. The van der Waals surface area contributed by atoms with Crippen molar-refractivity contribution >= 4 is 17.9 Å². The lowest BCUT2D eigenvalue weighted by Gasteiger charge is -2.32. The number of pyridine rings is 1. The lowest BCUT2D eigenvalue weighted by Crippen LogP contribution is -3.14. The highest BCUT2D eigenvalue weighted by atomic mass is 32.1. The first kappa shape index (κ1) is 16.9. The molecule has 1 aliphatic rings. The molecule has 0 atom stereocenters. The first-order valence-electron chi connectivity index (χ1n) is 8.58. The molecular formula is C18H20FN5OS+2. The number of halogens is 1. The summed E-state index contributed by atoms with van der Waals surface area (Å²) in [5, 5.41) is 4.38. The zero-order chi connectivity index (χ0) is 17.9. The Kier molecular flexibility index (Phi) is 4.77. The van der Waals surface area contributed by atoms with Crippen LogP contribution >= 0.6 is 12.2 Å². The van der Waals surface area contributed by atoms with Gasteiger partial charge in [-0.2, -0.15) is 4.68 Å². The third-order valence-corrected chi connectivity index (χ3v) is 4.91. The molecule has 2 N–H and O–H groups in total. The number of hydrogen-bond donors (Lipinski definition) is 1. The summed E-state index contributed by atoms with van der Waals surface area (Å²) >= 11 is 5.27. The van der Waals surface area contributed by atoms with Crippen molar-refractivity contribution < 1.29 is 18.7 Å². The van der Waals surface area contributed by atoms with Crippen LogP contribution in [0, 0.1) is 10.7 Å². The summed E-state index contributed by atoms with van der Waals surface area (Å²) < 4.78 is 21.1. The molecule has 0 radical (unpaired) electrons. The number of benzene rings is 1. The Morgan fingerprint density at radius 1 is 1.15 bits per heavy atom. The summed E-state index contributed by atoms with van der Waals surface area (Å²) in [7, 11) is 0. The third-order valence-electron chi connectivity index (χ3n) is 4.62. The quantitative estimate of drug-likeness (QED) is 0.698. The van der Waals surface area contributed by atoms with Crippen LogP contribution in [0.25, 0.3) is 11.5 Å². The zero-order valence-corrected chi connectivity index (χ0v) is 15.0. The van der Waals surface area contributed by atoms with Crippen LogP contribution in [0.3, 0.4) is 0 Å². The lowest BCUT2D eigenvalue weighted by molar-refractivity contribution is -0.924. The molecule has 3 aromatic rings. The van der Waals surface area contributed by atoms with Gasteiger partial charge in [0.05, 0.1) is 31.7 Å². The van der Waals surface area contributed by atoms with Gasteiger partial charge in [0.15, 0.2) is 19.1 Å². The standard InChI is InChI=1S/C18H18FN5OS/c19-16-4-2-1-3-15(16)17-21-24(18(26)25-17)13-22-9-11-23(12-10-22)14-5-7-20-8-6-14/h1-8H,9-13H2/p+2. The number of nitrogens with one attached hydrogen (secondary N) is 2. The molecule has 134 valence electrons. The van der Waals surface area contributed by atoms with Crippen molar-refractivity contribution in [1.82, 2.24) is 9.78 Å². The number of aromatic nitrogens is 3. The summed E-state index contributed by atoms with van der Waals surface area (Å²) in [5.74, 6) is -0.136. The molecule has 26 heavy (non-hydrogen) atoms. The Morgan fingerprint density at radius 2 is 1.88 bits per heavy atom. The summed E-state index contributed by atoms with van der Waals surface area (Å²) in [6.07, 6.45) is 3.88. The molecule has 1 fully saturated rings. The Bertz CT molecular complexity index is 934. The molecule has 2 aromatic heterocycles. The third kappa shape index (κ3) is 3.51. The summed E-state index contributed by atoms with van der Waals surface area (Å²) in [6.45, 7) is 4.49. The van der Waals surface area contributed by atoms with Crippen LogP contribution in [0.2, 0.25) is 0 Å². The summed E-state index contributed by atoms with van der Waals surface area (Å²) in [4.78, 5) is 7.06. The predicted molar refractivity (Wildman–Crippen MR) is 96.6 cm³/mol. The fourth-order valence-corrected chi connectivity index (χ4v) is 3.37. The summed E-state index contributed by atoms with van der Waals surface area (Å²) in [6, 6.07) is 10.6. The Morgan fingerprint density at radius 3 is 2.62 bits per heavy atom. The van der Waals surface area contributed by atoms with E-state index in [0.717, 1.165) is 26.2 Å². The second kappa shape index (κ2) is 7.35. The lowest BCUT2D eigenvalue weighted by atomic mass is 10.2. The van der Waals surface area contributed by atoms with Gasteiger partial charge in [-0.25, -0.2) is 9.37 Å². The number of anilines is 1. The van der Waals surface area contributed by atoms with E-state index in [1.807, 2.05) is 12.4 Å². The molecule has 8 heteroatoms. The zero-order valence-electron chi connectivity index (χ0n) is 14.2. The van der Waals surface area contributed by atoms with Crippen LogP contribution in [-0.2, 0) is 6.67 Å². The number of nitrogens with zero attached hydrogens (tertiary/aromatic N) is 3. The van der Waals surface area contributed by atoms with Gasteiger partial charge >= 0.3 is 0 Å². The SMILES string of the molecule is Fc1ccccc1-c1nn(C[NH+]2CCN(c3cc[nH+]cc3)CC2)c(=S)o1. The normalized spacial score (nSPS) is 15.3. The van der Waals surface area contributed by atoms with Gasteiger partial charge in [0.25, 0.3) is 4.84 Å². The van der Waals surface area contributed by atoms with Crippen LogP contribution in [-0.4, -0.2) is 36.0 Å². The number of H-pyrrole nitrogens is 1. The molecule has 0 amide bonds. The average molecular weight is 373 g/mol. The van der Waals surface area contributed by atoms with Crippen molar-refractivity contribution in [2.45, 2.75) is 6.67 Å². The van der Waals surface area contributed by atoms with E-state index in [-0.39, 0.29) is 16.5 Å². The molecule has 0 spiro atoms. The van der Waals surface area contributed by atoms with Crippen molar-refractivity contribution in [3.63, 3.8) is 0 Å². The largest absolute Gasteiger partial charge is 0.409 e. The molecule has 3 heterocycles. The smallest absolute Gasteiger partial charge is 0.292 e. The minimum absolute atomic E-state index is 0.228. The number of hydrogen-bond acceptors (Lipinski definition) is 4. The highest BCUT2D eigenvalue weighted by molar-refractivity contribution is 7.71. The number of piperazine rings is 1. The van der Waals surface area contributed by atoms with E-state index >= 15 is 0 Å². The topological polar surface area (TPSA) is 52.8 Å². The van der Waals surface area contributed by atoms with Gasteiger partial charge in [-0.05, 0) is 24.4 Å². The Balaban J connectivity index is 1.43. The molecular weight excluding hydrogens is 353 g/mol. The summed E-state index contributed by atoms with van der Waals surface area (Å²) in [5.41, 5.74) is 1.56. The highest BCUT2D eigenvalue weighted by Crippen LogP contribution is 2.20. The molecule has 1 aromatic carbocycles. The van der Waals surface area contributed by atoms with Gasteiger partial charge in [0.1, 0.15) is 5.82 Å². The molecule has 1 aliphatic heterocycles. The van der Waals surface area contributed by atoms with E-state index in [2.05, 4.69) is 27.1 Å². The van der Waals surface area contributed by atoms with E-state index in [9.17, 15) is 4.39 Å². The number of quaternary nitrogens is 1. The molecule has 6 nitrogen and oxygen atoms in total. The van der Waals surface area contributed by atoms with Gasteiger partial charge in [-0.15, -0.1) is 5.10 Å². The highest BCUT2D eigenvalue weighted by Gasteiger charge is 2.22. The maximum Gasteiger partial charge on any atom is 0.292 e. The van der Waals surface area contributed by atoms with E-state index in [4.69, 9.17) is 16.6 Å². The molecule has 4 rings (SSSR count). The fourth-order valence-electron chi connectivity index (χ4n) is 3.19. The number of rotatable bonds is 4. The maximum atomic E-state index is 13.9. The second-order valence-electron chi connectivity index (χ2n) is 6.31. The first-order valence-corrected chi connectivity index (χ1v) is 8.99. The maximum absolute atomic E-state index is 13.9. The van der Waals surface area contributed by atoms with Gasteiger partial charge < -0.3 is 14.2 Å². The van der Waals surface area contributed by atoms with Crippen molar-refractivity contribution in [2.24, 2.45) is 0 Å². The second-order valence-corrected chi connectivity index (χ2v) is 6.66. The van der Waals surface area contributed by atoms with Crippen molar-refractivity contribution in [1.29, 1.82) is 0 Å². The monoisotopic (exact) mass is 373 g/mol. The van der Waals surface area contributed by atoms with Crippen LogP contribution in [0.1, 0.15) is 0 Å². The van der Waals surface area contributed by atoms with E-state index in [1.54, 1.807) is 22.9 Å². The van der Waals surface area contributed by atoms with Gasteiger partial charge in [0, 0.05) is 17.8 Å². The van der Waals surface area contributed by atoms with Crippen LogP contribution in [0.5, 0.6) is 0 Å². The van der Waals surface area contributed by atoms with Crippen molar-refractivity contribution in [2.75, 3.05) is 31.1 Å². The van der Waals surface area contributed by atoms with Gasteiger partial charge in [-0.1, -0.05) is 12.1 Å². The molecule has 0 saturated carbocycles. The number of aromatic amines is 1. The van der Waals surface area contributed by atoms with Crippen LogP contribution in [0.4, 0.5) is 10.1 Å². The Hall–Kier alpha value is -2.58. The molecule has 0 bridgehead atoms. The first-order chi connectivity index (χ1) is 12.7. The van der Waals surface area contributed by atoms with Crippen molar-refractivity contribution in [3.8, 4) is 11.5 Å². The van der Waals surface area contributed by atoms with Crippen LogP contribution < -0.4 is 14.8 Å². The van der Waals surface area contributed by atoms with Gasteiger partial charge in [-0.3, -0.25) is 0 Å².